The maximum atomic E-state index is 9.02. The van der Waals surface area contributed by atoms with Crippen LogP contribution in [0.1, 0.15) is 16.8 Å². The summed E-state index contributed by atoms with van der Waals surface area (Å²) in [5.41, 5.74) is 2.40. The molecule has 0 spiro atoms. The summed E-state index contributed by atoms with van der Waals surface area (Å²) in [5, 5.41) is 9.02. The first-order valence-electron chi connectivity index (χ1n) is 5.31. The van der Waals surface area contributed by atoms with E-state index in [2.05, 4.69) is 11.1 Å². The Morgan fingerprint density at radius 1 is 1.18 bits per heavy atom. The van der Waals surface area contributed by atoms with Gasteiger partial charge in [0.05, 0.1) is 11.8 Å². The molecule has 0 radical (unpaired) electrons. The van der Waals surface area contributed by atoms with E-state index in [9.17, 15) is 0 Å². The second-order valence-electron chi connectivity index (χ2n) is 3.80. The number of hydrogen-bond acceptors (Lipinski definition) is 3. The molecule has 0 N–H and O–H groups in total. The van der Waals surface area contributed by atoms with Gasteiger partial charge in [-0.2, -0.15) is 5.26 Å². The van der Waals surface area contributed by atoms with Crippen molar-refractivity contribution in [2.75, 3.05) is 0 Å². The average Bonchev–Trinajstić information content (AvgIpc) is 2.34. The van der Waals surface area contributed by atoms with Crippen molar-refractivity contribution < 1.29 is 4.74 Å². The summed E-state index contributed by atoms with van der Waals surface area (Å²) < 4.78 is 5.70. The van der Waals surface area contributed by atoms with E-state index in [0.717, 1.165) is 11.3 Å². The van der Waals surface area contributed by atoms with Crippen LogP contribution in [0.2, 0.25) is 0 Å². The normalized spacial score (nSPS) is 9.71. The summed E-state index contributed by atoms with van der Waals surface area (Å²) in [5.74, 6) is 1.24. The van der Waals surface area contributed by atoms with Crippen LogP contribution in [0.3, 0.4) is 0 Å². The van der Waals surface area contributed by atoms with Gasteiger partial charge in [0.2, 0.25) is 0 Å². The van der Waals surface area contributed by atoms with E-state index in [1.165, 1.54) is 0 Å². The van der Waals surface area contributed by atoms with Gasteiger partial charge in [-0.1, -0.05) is 12.1 Å². The molecule has 0 unspecified atom stereocenters. The van der Waals surface area contributed by atoms with Gasteiger partial charge in [0.25, 0.3) is 0 Å². The van der Waals surface area contributed by atoms with Crippen molar-refractivity contribution in [3.05, 3.63) is 53.3 Å². The first-order valence-corrected chi connectivity index (χ1v) is 5.31. The second-order valence-corrected chi connectivity index (χ2v) is 3.80. The van der Waals surface area contributed by atoms with E-state index in [1.807, 2.05) is 38.1 Å². The molecule has 0 saturated heterocycles. The fourth-order valence-corrected chi connectivity index (χ4v) is 1.51. The SMILES string of the molecule is Cc1ccc(Oc2c(C)cccc2C#N)cn1. The van der Waals surface area contributed by atoms with Gasteiger partial charge in [-0.3, -0.25) is 4.98 Å². The average molecular weight is 224 g/mol. The van der Waals surface area contributed by atoms with Gasteiger partial charge in [0.1, 0.15) is 17.6 Å². The summed E-state index contributed by atoms with van der Waals surface area (Å²) in [7, 11) is 0. The summed E-state index contributed by atoms with van der Waals surface area (Å²) >= 11 is 0. The molecule has 0 fully saturated rings. The predicted molar refractivity (Wildman–Crippen MR) is 64.9 cm³/mol. The number of pyridine rings is 1. The highest BCUT2D eigenvalue weighted by atomic mass is 16.5. The van der Waals surface area contributed by atoms with Gasteiger partial charge in [-0.15, -0.1) is 0 Å². The predicted octanol–water partition coefficient (Wildman–Crippen LogP) is 3.36. The van der Waals surface area contributed by atoms with Crippen molar-refractivity contribution in [3.63, 3.8) is 0 Å². The highest BCUT2D eigenvalue weighted by Crippen LogP contribution is 2.28. The quantitative estimate of drug-likeness (QED) is 0.785. The lowest BCUT2D eigenvalue weighted by atomic mass is 10.1. The molecule has 0 bridgehead atoms. The van der Waals surface area contributed by atoms with Crippen LogP contribution < -0.4 is 4.74 Å². The van der Waals surface area contributed by atoms with Gasteiger partial charge in [0.15, 0.2) is 0 Å². The number of nitriles is 1. The summed E-state index contributed by atoms with van der Waals surface area (Å²) in [6, 6.07) is 11.3. The molecule has 84 valence electrons. The maximum absolute atomic E-state index is 9.02. The maximum Gasteiger partial charge on any atom is 0.148 e. The van der Waals surface area contributed by atoms with Gasteiger partial charge in [0, 0.05) is 5.69 Å². The number of hydrogen-bond donors (Lipinski definition) is 0. The molecular weight excluding hydrogens is 212 g/mol. The number of rotatable bonds is 2. The van der Waals surface area contributed by atoms with Crippen LogP contribution in [0, 0.1) is 25.2 Å². The van der Waals surface area contributed by atoms with E-state index in [0.29, 0.717) is 17.1 Å². The third-order valence-corrected chi connectivity index (χ3v) is 2.44. The van der Waals surface area contributed by atoms with Crippen molar-refractivity contribution in [1.29, 1.82) is 5.26 Å². The Bertz CT molecular complexity index is 568. The van der Waals surface area contributed by atoms with E-state index >= 15 is 0 Å². The molecule has 0 aliphatic heterocycles. The third kappa shape index (κ3) is 2.43. The van der Waals surface area contributed by atoms with E-state index < -0.39 is 0 Å². The van der Waals surface area contributed by atoms with E-state index in [1.54, 1.807) is 12.3 Å². The van der Waals surface area contributed by atoms with Crippen LogP contribution in [-0.2, 0) is 0 Å². The topological polar surface area (TPSA) is 45.9 Å². The zero-order valence-corrected chi connectivity index (χ0v) is 9.77. The summed E-state index contributed by atoms with van der Waals surface area (Å²) in [6.07, 6.45) is 1.66. The fourth-order valence-electron chi connectivity index (χ4n) is 1.51. The van der Waals surface area contributed by atoms with Crippen molar-refractivity contribution in [2.45, 2.75) is 13.8 Å². The lowest BCUT2D eigenvalue weighted by molar-refractivity contribution is 0.474. The zero-order chi connectivity index (χ0) is 12.3. The van der Waals surface area contributed by atoms with Gasteiger partial charge < -0.3 is 4.74 Å². The number of benzene rings is 1. The molecule has 0 aliphatic carbocycles. The number of aryl methyl sites for hydroxylation is 2. The van der Waals surface area contributed by atoms with Crippen molar-refractivity contribution >= 4 is 0 Å². The Morgan fingerprint density at radius 2 is 2.00 bits per heavy atom. The van der Waals surface area contributed by atoms with Crippen LogP contribution in [0.4, 0.5) is 0 Å². The van der Waals surface area contributed by atoms with Crippen LogP contribution in [0.25, 0.3) is 0 Å². The Morgan fingerprint density at radius 3 is 2.65 bits per heavy atom. The highest BCUT2D eigenvalue weighted by Gasteiger charge is 2.07. The first-order chi connectivity index (χ1) is 8.20. The second kappa shape index (κ2) is 4.67. The van der Waals surface area contributed by atoms with Crippen molar-refractivity contribution in [3.8, 4) is 17.6 Å². The molecule has 0 atom stereocenters. The number of para-hydroxylation sites is 1. The summed E-state index contributed by atoms with van der Waals surface area (Å²) in [6.45, 7) is 3.83. The molecule has 0 aliphatic rings. The number of nitrogens with zero attached hydrogens (tertiary/aromatic N) is 2. The smallest absolute Gasteiger partial charge is 0.148 e. The van der Waals surface area contributed by atoms with Crippen LogP contribution in [-0.4, -0.2) is 4.98 Å². The van der Waals surface area contributed by atoms with Crippen LogP contribution in [0.15, 0.2) is 36.5 Å². The first kappa shape index (κ1) is 11.2. The molecule has 17 heavy (non-hydrogen) atoms. The molecule has 3 nitrogen and oxygen atoms in total. The Kier molecular flexibility index (Phi) is 3.06. The van der Waals surface area contributed by atoms with Gasteiger partial charge >= 0.3 is 0 Å². The molecule has 0 amide bonds. The molecule has 0 saturated carbocycles. The highest BCUT2D eigenvalue weighted by molar-refractivity contribution is 5.49. The monoisotopic (exact) mass is 224 g/mol. The molecule has 3 heteroatoms. The van der Waals surface area contributed by atoms with Crippen molar-refractivity contribution in [1.82, 2.24) is 4.98 Å². The largest absolute Gasteiger partial charge is 0.454 e. The van der Waals surface area contributed by atoms with E-state index in [-0.39, 0.29) is 0 Å². The molecule has 2 rings (SSSR count). The lowest BCUT2D eigenvalue weighted by Crippen LogP contribution is -1.92. The Hall–Kier alpha value is -2.34. The molecule has 1 aromatic carbocycles. The molecule has 1 aromatic heterocycles. The van der Waals surface area contributed by atoms with E-state index in [4.69, 9.17) is 10.00 Å². The lowest BCUT2D eigenvalue weighted by Gasteiger charge is -2.09. The zero-order valence-electron chi connectivity index (χ0n) is 9.77. The Labute approximate surface area is 100 Å². The van der Waals surface area contributed by atoms with Crippen molar-refractivity contribution in [2.24, 2.45) is 0 Å². The minimum absolute atomic E-state index is 0.533. The molecule has 2 aromatic rings. The minimum atomic E-state index is 0.533. The standard InChI is InChI=1S/C14H12N2O/c1-10-4-3-5-12(8-15)14(10)17-13-7-6-11(2)16-9-13/h3-7,9H,1-2H3. The molecule has 1 heterocycles. The fraction of sp³-hybridized carbons (Fsp3) is 0.143. The van der Waals surface area contributed by atoms with Crippen LogP contribution in [0.5, 0.6) is 11.5 Å². The minimum Gasteiger partial charge on any atom is -0.454 e. The third-order valence-electron chi connectivity index (χ3n) is 2.44. The number of ether oxygens (including phenoxy) is 1. The van der Waals surface area contributed by atoms with Crippen LogP contribution >= 0.6 is 0 Å². The number of aromatic nitrogens is 1. The summed E-state index contributed by atoms with van der Waals surface area (Å²) in [4.78, 5) is 4.15. The molecular formula is C14H12N2O. The Balaban J connectivity index is 2.36. The van der Waals surface area contributed by atoms with Gasteiger partial charge in [-0.25, -0.2) is 0 Å². The van der Waals surface area contributed by atoms with Gasteiger partial charge in [-0.05, 0) is 37.6 Å².